The van der Waals surface area contributed by atoms with Crippen molar-refractivity contribution < 1.29 is 14.3 Å². The molecule has 9 nitrogen and oxygen atoms in total. The average molecular weight is 362 g/mol. The zero-order valence-corrected chi connectivity index (χ0v) is 14.8. The van der Waals surface area contributed by atoms with Gasteiger partial charge >= 0.3 is 0 Å². The minimum Gasteiger partial charge on any atom is -0.497 e. The second-order valence-corrected chi connectivity index (χ2v) is 5.83. The molecule has 2 rings (SSSR count). The number of carbonyl (C=O) groups is 1. The van der Waals surface area contributed by atoms with E-state index in [0.29, 0.717) is 22.3 Å². The number of methoxy groups -OCH3 is 2. The predicted molar refractivity (Wildman–Crippen MR) is 93.7 cm³/mol. The molecule has 1 aromatic carbocycles. The fourth-order valence-corrected chi connectivity index (χ4v) is 2.79. The van der Waals surface area contributed by atoms with Crippen molar-refractivity contribution in [3.63, 3.8) is 0 Å². The van der Waals surface area contributed by atoms with Crippen LogP contribution in [0.5, 0.6) is 11.5 Å². The number of amides is 1. The van der Waals surface area contributed by atoms with E-state index in [9.17, 15) is 4.79 Å². The molecule has 0 aliphatic rings. The molecule has 1 atom stereocenters. The third-order valence-electron chi connectivity index (χ3n) is 3.39. The van der Waals surface area contributed by atoms with E-state index in [1.54, 1.807) is 32.2 Å². The quantitative estimate of drug-likeness (QED) is 0.712. The number of rotatable bonds is 7. The molecular weight excluding hydrogens is 344 g/mol. The highest BCUT2D eigenvalue weighted by atomic mass is 32.2. The van der Waals surface area contributed by atoms with Crippen molar-refractivity contribution in [3.05, 3.63) is 18.2 Å². The molecule has 1 amide bonds. The Morgan fingerprint density at radius 1 is 1.44 bits per heavy atom. The van der Waals surface area contributed by atoms with Gasteiger partial charge in [-0.15, -0.1) is 10.2 Å². The molecule has 1 unspecified atom stereocenters. The summed E-state index contributed by atoms with van der Waals surface area (Å²) in [6.07, 6.45) is 0. The lowest BCUT2D eigenvalue weighted by Crippen LogP contribution is -2.25. The SMILES string of the molecule is COc1ccc(NC(=O)C(C)n2c(N)nnc2SCC#N)c(OC)c1. The van der Waals surface area contributed by atoms with E-state index in [-0.39, 0.29) is 17.6 Å². The third-order valence-corrected chi connectivity index (χ3v) is 4.20. The summed E-state index contributed by atoms with van der Waals surface area (Å²) in [6.45, 7) is 1.67. The summed E-state index contributed by atoms with van der Waals surface area (Å²) in [5.41, 5.74) is 6.31. The number of benzene rings is 1. The predicted octanol–water partition coefficient (Wildman–Crippen LogP) is 1.69. The molecule has 1 aromatic heterocycles. The van der Waals surface area contributed by atoms with Crippen LogP contribution in [0.25, 0.3) is 0 Å². The topological polar surface area (TPSA) is 128 Å². The van der Waals surface area contributed by atoms with E-state index >= 15 is 0 Å². The van der Waals surface area contributed by atoms with Crippen molar-refractivity contribution in [1.29, 1.82) is 5.26 Å². The van der Waals surface area contributed by atoms with Gasteiger partial charge in [-0.3, -0.25) is 9.36 Å². The average Bonchev–Trinajstić information content (AvgIpc) is 2.99. The van der Waals surface area contributed by atoms with Crippen molar-refractivity contribution in [2.45, 2.75) is 18.1 Å². The van der Waals surface area contributed by atoms with E-state index in [1.165, 1.54) is 11.7 Å². The van der Waals surface area contributed by atoms with Crippen LogP contribution in [0.3, 0.4) is 0 Å². The van der Waals surface area contributed by atoms with Crippen LogP contribution in [-0.4, -0.2) is 40.6 Å². The van der Waals surface area contributed by atoms with Gasteiger partial charge in [0.1, 0.15) is 17.5 Å². The summed E-state index contributed by atoms with van der Waals surface area (Å²) in [5.74, 6) is 1.04. The number of aromatic nitrogens is 3. The van der Waals surface area contributed by atoms with Gasteiger partial charge in [0.15, 0.2) is 5.16 Å². The standard InChI is InChI=1S/C15H18N6O3S/c1-9(21-14(17)19-20-15(21)25-7-6-16)13(22)18-11-5-4-10(23-2)8-12(11)24-3/h4-5,8-9H,7H2,1-3H3,(H2,17,19)(H,18,22). The van der Waals surface area contributed by atoms with Gasteiger partial charge in [0, 0.05) is 6.07 Å². The Labute approximate surface area is 149 Å². The summed E-state index contributed by atoms with van der Waals surface area (Å²) in [5, 5.41) is 19.6. The fourth-order valence-electron chi connectivity index (χ4n) is 2.10. The molecule has 10 heteroatoms. The first-order valence-electron chi connectivity index (χ1n) is 7.24. The Morgan fingerprint density at radius 3 is 2.84 bits per heavy atom. The van der Waals surface area contributed by atoms with Crippen LogP contribution in [-0.2, 0) is 4.79 Å². The van der Waals surface area contributed by atoms with Crippen molar-refractivity contribution >= 4 is 29.3 Å². The van der Waals surface area contributed by atoms with Crippen molar-refractivity contribution in [1.82, 2.24) is 14.8 Å². The number of nitriles is 1. The zero-order valence-electron chi connectivity index (χ0n) is 14.0. The highest BCUT2D eigenvalue weighted by Gasteiger charge is 2.23. The maximum atomic E-state index is 12.6. The molecule has 0 aliphatic carbocycles. The maximum Gasteiger partial charge on any atom is 0.247 e. The number of anilines is 2. The molecule has 0 fully saturated rings. The van der Waals surface area contributed by atoms with Crippen molar-refractivity contribution in [3.8, 4) is 17.6 Å². The minimum absolute atomic E-state index is 0.102. The van der Waals surface area contributed by atoms with E-state index < -0.39 is 6.04 Å². The highest BCUT2D eigenvalue weighted by molar-refractivity contribution is 7.99. The van der Waals surface area contributed by atoms with Gasteiger partial charge in [-0.2, -0.15) is 5.26 Å². The molecule has 132 valence electrons. The molecule has 0 radical (unpaired) electrons. The van der Waals surface area contributed by atoms with Gasteiger partial charge in [-0.25, -0.2) is 0 Å². The van der Waals surface area contributed by atoms with Gasteiger partial charge in [-0.1, -0.05) is 11.8 Å². The van der Waals surface area contributed by atoms with E-state index in [4.69, 9.17) is 20.5 Å². The second kappa shape index (κ2) is 8.25. The first-order valence-corrected chi connectivity index (χ1v) is 8.23. The lowest BCUT2D eigenvalue weighted by Gasteiger charge is -2.17. The number of nitrogens with zero attached hydrogens (tertiary/aromatic N) is 4. The van der Waals surface area contributed by atoms with Gasteiger partial charge in [-0.05, 0) is 19.1 Å². The van der Waals surface area contributed by atoms with Crippen molar-refractivity contribution in [2.75, 3.05) is 31.0 Å². The van der Waals surface area contributed by atoms with E-state index in [0.717, 1.165) is 11.8 Å². The molecule has 0 spiro atoms. The summed E-state index contributed by atoms with van der Waals surface area (Å²) < 4.78 is 11.9. The summed E-state index contributed by atoms with van der Waals surface area (Å²) in [7, 11) is 3.05. The Morgan fingerprint density at radius 2 is 2.20 bits per heavy atom. The lowest BCUT2D eigenvalue weighted by molar-refractivity contribution is -0.118. The zero-order chi connectivity index (χ0) is 18.4. The number of carbonyl (C=O) groups excluding carboxylic acids is 1. The second-order valence-electron chi connectivity index (χ2n) is 4.89. The Balaban J connectivity index is 2.22. The van der Waals surface area contributed by atoms with Gasteiger partial charge in [0.2, 0.25) is 11.9 Å². The number of nitrogen functional groups attached to an aromatic ring is 1. The summed E-state index contributed by atoms with van der Waals surface area (Å²) in [4.78, 5) is 12.6. The van der Waals surface area contributed by atoms with Crippen LogP contribution in [0.1, 0.15) is 13.0 Å². The monoisotopic (exact) mass is 362 g/mol. The maximum absolute atomic E-state index is 12.6. The molecule has 25 heavy (non-hydrogen) atoms. The number of nitrogens with two attached hydrogens (primary N) is 1. The normalized spacial score (nSPS) is 11.4. The number of nitrogens with one attached hydrogen (secondary N) is 1. The van der Waals surface area contributed by atoms with Crippen LogP contribution < -0.4 is 20.5 Å². The van der Waals surface area contributed by atoms with Crippen molar-refractivity contribution in [2.24, 2.45) is 0 Å². The van der Waals surface area contributed by atoms with Gasteiger partial charge in [0.25, 0.3) is 0 Å². The van der Waals surface area contributed by atoms with Crippen LogP contribution >= 0.6 is 11.8 Å². The largest absolute Gasteiger partial charge is 0.497 e. The first kappa shape index (κ1) is 18.4. The number of ether oxygens (including phenoxy) is 2. The Kier molecular flexibility index (Phi) is 6.08. The van der Waals surface area contributed by atoms with Crippen LogP contribution in [0.15, 0.2) is 23.4 Å². The lowest BCUT2D eigenvalue weighted by atomic mass is 10.2. The van der Waals surface area contributed by atoms with Crippen LogP contribution in [0.2, 0.25) is 0 Å². The Bertz CT molecular complexity index is 801. The summed E-state index contributed by atoms with van der Waals surface area (Å²) in [6, 6.07) is 6.39. The number of hydrogen-bond acceptors (Lipinski definition) is 8. The highest BCUT2D eigenvalue weighted by Crippen LogP contribution is 2.30. The minimum atomic E-state index is -0.678. The molecule has 0 bridgehead atoms. The number of hydrogen-bond donors (Lipinski definition) is 2. The Hall–Kier alpha value is -2.93. The molecule has 0 saturated carbocycles. The first-order chi connectivity index (χ1) is 12.0. The fraction of sp³-hybridized carbons (Fsp3) is 0.333. The van der Waals surface area contributed by atoms with E-state index in [1.807, 2.05) is 6.07 Å². The molecule has 2 aromatic rings. The van der Waals surface area contributed by atoms with E-state index in [2.05, 4.69) is 15.5 Å². The summed E-state index contributed by atoms with van der Waals surface area (Å²) >= 11 is 1.16. The van der Waals surface area contributed by atoms with Gasteiger partial charge < -0.3 is 20.5 Å². The van der Waals surface area contributed by atoms with Crippen LogP contribution in [0, 0.1) is 11.3 Å². The smallest absolute Gasteiger partial charge is 0.247 e. The van der Waals surface area contributed by atoms with Crippen LogP contribution in [0.4, 0.5) is 11.6 Å². The molecule has 0 saturated heterocycles. The molecule has 3 N–H and O–H groups in total. The molecular formula is C15H18N6O3S. The van der Waals surface area contributed by atoms with Gasteiger partial charge in [0.05, 0.1) is 31.7 Å². The molecule has 0 aliphatic heterocycles. The number of thioether (sulfide) groups is 1. The third kappa shape index (κ3) is 4.13. The molecule has 1 heterocycles.